The van der Waals surface area contributed by atoms with Gasteiger partial charge in [-0.05, 0) is 41.7 Å². The van der Waals surface area contributed by atoms with Gasteiger partial charge in [0.15, 0.2) is 0 Å². The first kappa shape index (κ1) is 8.66. The van der Waals surface area contributed by atoms with E-state index in [1.165, 1.54) is 23.3 Å². The van der Waals surface area contributed by atoms with Gasteiger partial charge in [0.05, 0.1) is 5.92 Å². The molecule has 2 aliphatic carbocycles. The number of Topliss-reactive ketones (excluding diaryl/α,β-unsaturated/α-hetero) is 1. The van der Waals surface area contributed by atoms with Gasteiger partial charge in [-0.25, -0.2) is 0 Å². The fourth-order valence-corrected chi connectivity index (χ4v) is 4.30. The lowest BCUT2D eigenvalue weighted by Gasteiger charge is -2.34. The molecule has 0 radical (unpaired) electrons. The van der Waals surface area contributed by atoms with Crippen LogP contribution >= 0.6 is 11.3 Å². The smallest absolute Gasteiger partial charge is 0.141 e. The molecule has 0 spiro atoms. The van der Waals surface area contributed by atoms with Crippen molar-refractivity contribution in [3.63, 3.8) is 0 Å². The largest absolute Gasteiger partial charge is 0.299 e. The Kier molecular flexibility index (Phi) is 1.67. The van der Waals surface area contributed by atoms with E-state index in [0.29, 0.717) is 5.78 Å². The standard InChI is InChI=1S/C12H14OS/c1-12-5-2-8-4-7-14-11(8)10(12)9(13)3-6-12/h4,7,10H,2-3,5-6H2,1H3/t10-,12-/m0/s1. The van der Waals surface area contributed by atoms with Crippen LogP contribution in [0.2, 0.25) is 0 Å². The lowest BCUT2D eigenvalue weighted by atomic mass is 9.70. The quantitative estimate of drug-likeness (QED) is 0.637. The minimum absolute atomic E-state index is 0.242. The van der Waals surface area contributed by atoms with Gasteiger partial charge in [0.2, 0.25) is 0 Å². The minimum atomic E-state index is 0.242. The zero-order valence-electron chi connectivity index (χ0n) is 8.38. The predicted molar refractivity (Wildman–Crippen MR) is 57.7 cm³/mol. The Morgan fingerprint density at radius 2 is 2.21 bits per heavy atom. The molecule has 74 valence electrons. The molecule has 2 heteroatoms. The van der Waals surface area contributed by atoms with Gasteiger partial charge in [-0.3, -0.25) is 4.79 Å². The highest BCUT2D eigenvalue weighted by Gasteiger charge is 2.48. The minimum Gasteiger partial charge on any atom is -0.299 e. The van der Waals surface area contributed by atoms with E-state index in [2.05, 4.69) is 18.4 Å². The number of aryl methyl sites for hydroxylation is 1. The molecule has 1 aromatic rings. The molecule has 1 heterocycles. The van der Waals surface area contributed by atoms with Gasteiger partial charge < -0.3 is 0 Å². The van der Waals surface area contributed by atoms with Crippen molar-refractivity contribution in [3.8, 4) is 0 Å². The van der Waals surface area contributed by atoms with E-state index in [-0.39, 0.29) is 11.3 Å². The summed E-state index contributed by atoms with van der Waals surface area (Å²) in [6.07, 6.45) is 4.29. The summed E-state index contributed by atoms with van der Waals surface area (Å²) in [5, 5.41) is 2.14. The van der Waals surface area contributed by atoms with Gasteiger partial charge in [0.25, 0.3) is 0 Å². The third-order valence-electron chi connectivity index (χ3n) is 3.97. The summed E-state index contributed by atoms with van der Waals surface area (Å²) >= 11 is 1.78. The molecule has 1 aromatic heterocycles. The van der Waals surface area contributed by atoms with Crippen molar-refractivity contribution in [2.24, 2.45) is 5.41 Å². The van der Waals surface area contributed by atoms with E-state index in [1.807, 2.05) is 0 Å². The normalized spacial score (nSPS) is 35.5. The molecule has 1 fully saturated rings. The summed E-state index contributed by atoms with van der Waals surface area (Å²) in [5.74, 6) is 0.724. The number of hydrogen-bond acceptors (Lipinski definition) is 2. The van der Waals surface area contributed by atoms with Crippen LogP contribution in [0.25, 0.3) is 0 Å². The summed E-state index contributed by atoms with van der Waals surface area (Å²) in [4.78, 5) is 13.3. The Balaban J connectivity index is 2.15. The van der Waals surface area contributed by atoms with Crippen molar-refractivity contribution in [1.82, 2.24) is 0 Å². The van der Waals surface area contributed by atoms with Crippen molar-refractivity contribution in [2.45, 2.75) is 38.5 Å². The van der Waals surface area contributed by atoms with Crippen molar-refractivity contribution >= 4 is 17.1 Å². The summed E-state index contributed by atoms with van der Waals surface area (Å²) < 4.78 is 0. The van der Waals surface area contributed by atoms with Gasteiger partial charge in [-0.2, -0.15) is 0 Å². The lowest BCUT2D eigenvalue weighted by molar-refractivity contribution is -0.119. The average molecular weight is 206 g/mol. The zero-order chi connectivity index (χ0) is 9.76. The van der Waals surface area contributed by atoms with Gasteiger partial charge in [-0.1, -0.05) is 6.92 Å². The molecule has 1 nitrogen and oxygen atoms in total. The number of ketones is 1. The second kappa shape index (κ2) is 2.69. The van der Waals surface area contributed by atoms with Gasteiger partial charge in [-0.15, -0.1) is 11.3 Å². The van der Waals surface area contributed by atoms with Crippen molar-refractivity contribution in [1.29, 1.82) is 0 Å². The molecule has 0 amide bonds. The molecular formula is C12H14OS. The number of rotatable bonds is 0. The number of carbonyl (C=O) groups excluding carboxylic acids is 1. The highest BCUT2D eigenvalue weighted by atomic mass is 32.1. The average Bonchev–Trinajstić information content (AvgIpc) is 2.70. The second-order valence-electron chi connectivity index (χ2n) is 4.86. The van der Waals surface area contributed by atoms with Crippen molar-refractivity contribution in [2.75, 3.05) is 0 Å². The first-order chi connectivity index (χ1) is 6.71. The molecule has 2 aliphatic rings. The van der Waals surface area contributed by atoms with E-state index in [1.54, 1.807) is 11.3 Å². The number of thiophene rings is 1. The van der Waals surface area contributed by atoms with Crippen LogP contribution in [0, 0.1) is 5.41 Å². The van der Waals surface area contributed by atoms with Crippen molar-refractivity contribution in [3.05, 3.63) is 21.9 Å². The van der Waals surface area contributed by atoms with Crippen LogP contribution in [-0.2, 0) is 11.2 Å². The first-order valence-electron chi connectivity index (χ1n) is 5.30. The zero-order valence-corrected chi connectivity index (χ0v) is 9.19. The van der Waals surface area contributed by atoms with Crippen LogP contribution < -0.4 is 0 Å². The molecule has 0 aliphatic heterocycles. The fourth-order valence-electron chi connectivity index (χ4n) is 3.05. The van der Waals surface area contributed by atoms with E-state index in [0.717, 1.165) is 12.8 Å². The maximum atomic E-state index is 11.9. The third-order valence-corrected chi connectivity index (χ3v) is 4.99. The summed E-state index contributed by atoms with van der Waals surface area (Å²) in [7, 11) is 0. The predicted octanol–water partition coefficient (Wildman–Crippen LogP) is 3.15. The van der Waals surface area contributed by atoms with E-state index in [9.17, 15) is 4.79 Å². The Labute approximate surface area is 88.1 Å². The summed E-state index contributed by atoms with van der Waals surface area (Å²) in [6.45, 7) is 2.30. The van der Waals surface area contributed by atoms with Crippen LogP contribution in [0.3, 0.4) is 0 Å². The molecular weight excluding hydrogens is 192 g/mol. The maximum Gasteiger partial charge on any atom is 0.141 e. The van der Waals surface area contributed by atoms with E-state index >= 15 is 0 Å². The molecule has 0 bridgehead atoms. The number of hydrogen-bond donors (Lipinski definition) is 0. The Bertz CT molecular complexity index is 393. The molecule has 14 heavy (non-hydrogen) atoms. The van der Waals surface area contributed by atoms with Gasteiger partial charge in [0.1, 0.15) is 5.78 Å². The summed E-state index contributed by atoms with van der Waals surface area (Å²) in [6, 6.07) is 2.20. The molecule has 0 unspecified atom stereocenters. The number of carbonyl (C=O) groups is 1. The molecule has 1 saturated carbocycles. The second-order valence-corrected chi connectivity index (χ2v) is 5.81. The monoisotopic (exact) mass is 206 g/mol. The highest BCUT2D eigenvalue weighted by molar-refractivity contribution is 7.10. The first-order valence-corrected chi connectivity index (χ1v) is 6.18. The summed E-state index contributed by atoms with van der Waals surface area (Å²) in [5.41, 5.74) is 1.72. The Morgan fingerprint density at radius 1 is 1.43 bits per heavy atom. The maximum absolute atomic E-state index is 11.9. The van der Waals surface area contributed by atoms with Crippen LogP contribution in [-0.4, -0.2) is 5.78 Å². The van der Waals surface area contributed by atoms with Gasteiger partial charge >= 0.3 is 0 Å². The van der Waals surface area contributed by atoms with E-state index in [4.69, 9.17) is 0 Å². The van der Waals surface area contributed by atoms with Crippen LogP contribution in [0.15, 0.2) is 11.4 Å². The number of fused-ring (bicyclic) bond motifs is 3. The lowest BCUT2D eigenvalue weighted by Crippen LogP contribution is -2.28. The molecule has 0 saturated heterocycles. The van der Waals surface area contributed by atoms with Crippen LogP contribution in [0.4, 0.5) is 0 Å². The van der Waals surface area contributed by atoms with Gasteiger partial charge in [0, 0.05) is 11.3 Å². The molecule has 0 N–H and O–H groups in total. The fraction of sp³-hybridized carbons (Fsp3) is 0.583. The Hall–Kier alpha value is -0.630. The van der Waals surface area contributed by atoms with Crippen LogP contribution in [0.5, 0.6) is 0 Å². The SMILES string of the molecule is C[C@]12CCC(=O)[C@H]1c1sccc1CC2. The van der Waals surface area contributed by atoms with Crippen molar-refractivity contribution < 1.29 is 4.79 Å². The Morgan fingerprint density at radius 3 is 3.07 bits per heavy atom. The molecule has 0 aromatic carbocycles. The van der Waals surface area contributed by atoms with Crippen LogP contribution in [0.1, 0.15) is 42.5 Å². The van der Waals surface area contributed by atoms with E-state index < -0.39 is 0 Å². The third kappa shape index (κ3) is 0.977. The molecule has 3 rings (SSSR count). The highest BCUT2D eigenvalue weighted by Crippen LogP contribution is 2.54. The topological polar surface area (TPSA) is 17.1 Å². The molecule has 2 atom stereocenters.